The summed E-state index contributed by atoms with van der Waals surface area (Å²) in [5.74, 6) is 0.902. The molecule has 0 aliphatic carbocycles. The number of piperidine rings is 1. The van der Waals surface area contributed by atoms with E-state index >= 15 is 0 Å². The summed E-state index contributed by atoms with van der Waals surface area (Å²) in [6.07, 6.45) is 2.77. The van der Waals surface area contributed by atoms with Gasteiger partial charge in [0.15, 0.2) is 6.29 Å². The van der Waals surface area contributed by atoms with Crippen molar-refractivity contribution < 1.29 is 14.6 Å². The normalized spacial score (nSPS) is 16.2. The maximum absolute atomic E-state index is 11.7. The first-order chi connectivity index (χ1) is 14.7. The van der Waals surface area contributed by atoms with Crippen LogP contribution in [0.2, 0.25) is 0 Å². The van der Waals surface area contributed by atoms with Crippen LogP contribution >= 0.6 is 0 Å². The molecule has 0 bridgehead atoms. The molecule has 0 amide bonds. The number of nitrogens with zero attached hydrogens (tertiary/aromatic N) is 1. The van der Waals surface area contributed by atoms with E-state index in [1.807, 2.05) is 36.4 Å². The smallest absolute Gasteiger partial charge is 0.154 e. The molecule has 0 radical (unpaired) electrons. The van der Waals surface area contributed by atoms with Crippen molar-refractivity contribution in [3.05, 3.63) is 71.3 Å². The zero-order valence-corrected chi connectivity index (χ0v) is 16.7. The summed E-state index contributed by atoms with van der Waals surface area (Å²) >= 11 is 0. The molecule has 1 aromatic heterocycles. The number of phenols is 1. The molecule has 2 aromatic carbocycles. The summed E-state index contributed by atoms with van der Waals surface area (Å²) in [6.45, 7) is 2.11. The molecule has 30 heavy (non-hydrogen) atoms. The summed E-state index contributed by atoms with van der Waals surface area (Å²) < 4.78 is 6.02. The Bertz CT molecular complexity index is 1030. The van der Waals surface area contributed by atoms with Gasteiger partial charge in [0.1, 0.15) is 23.9 Å². The van der Waals surface area contributed by atoms with E-state index in [0.29, 0.717) is 29.2 Å². The minimum absolute atomic E-state index is 0.0547. The molecule has 4 rings (SSSR count). The van der Waals surface area contributed by atoms with Crippen molar-refractivity contribution >= 4 is 12.1 Å². The highest BCUT2D eigenvalue weighted by molar-refractivity contribution is 5.87. The van der Waals surface area contributed by atoms with E-state index in [9.17, 15) is 9.90 Å². The second-order valence-electron chi connectivity index (χ2n) is 7.48. The average molecular weight is 403 g/mol. The van der Waals surface area contributed by atoms with Crippen LogP contribution in [0, 0.1) is 0 Å². The van der Waals surface area contributed by atoms with Crippen molar-refractivity contribution in [2.24, 2.45) is 0 Å². The van der Waals surface area contributed by atoms with Gasteiger partial charge in [-0.25, -0.2) is 4.98 Å². The number of aromatic nitrogens is 1. The maximum atomic E-state index is 11.7. The van der Waals surface area contributed by atoms with E-state index in [2.05, 4.69) is 10.3 Å². The quantitative estimate of drug-likeness (QED) is 0.540. The van der Waals surface area contributed by atoms with Crippen molar-refractivity contribution in [3.8, 4) is 22.8 Å². The van der Waals surface area contributed by atoms with Crippen LogP contribution in [-0.2, 0) is 6.61 Å². The molecule has 1 aliphatic heterocycles. The van der Waals surface area contributed by atoms with Crippen LogP contribution in [0.15, 0.2) is 54.6 Å². The van der Waals surface area contributed by atoms with E-state index in [-0.39, 0.29) is 17.5 Å². The first-order valence-electron chi connectivity index (χ1n) is 10.1. The molecule has 4 N–H and O–H groups in total. The summed E-state index contributed by atoms with van der Waals surface area (Å²) in [7, 11) is 0. The fourth-order valence-corrected chi connectivity index (χ4v) is 3.94. The average Bonchev–Trinajstić information content (AvgIpc) is 2.78. The molecule has 2 heterocycles. The van der Waals surface area contributed by atoms with Crippen LogP contribution in [-0.4, -0.2) is 29.5 Å². The fourth-order valence-electron chi connectivity index (χ4n) is 3.94. The van der Waals surface area contributed by atoms with Crippen LogP contribution in [0.3, 0.4) is 0 Å². The first kappa shape index (κ1) is 19.9. The van der Waals surface area contributed by atoms with Gasteiger partial charge in [0.25, 0.3) is 0 Å². The van der Waals surface area contributed by atoms with Crippen molar-refractivity contribution in [3.63, 3.8) is 0 Å². The number of anilines is 1. The number of aromatic hydroxyl groups is 1. The highest BCUT2D eigenvalue weighted by Gasteiger charge is 2.23. The topological polar surface area (TPSA) is 97.5 Å². The molecule has 0 saturated carbocycles. The molecule has 1 atom stereocenters. The highest BCUT2D eigenvalue weighted by atomic mass is 16.5. The van der Waals surface area contributed by atoms with Crippen molar-refractivity contribution in [1.82, 2.24) is 10.3 Å². The van der Waals surface area contributed by atoms with Gasteiger partial charge in [0.05, 0.1) is 16.8 Å². The van der Waals surface area contributed by atoms with Crippen molar-refractivity contribution in [1.29, 1.82) is 0 Å². The SMILES string of the molecule is Nc1nc(-c2c(O)cccc2OCc2ccccc2)cc(C2CCCNC2)c1C=O. The van der Waals surface area contributed by atoms with Gasteiger partial charge in [-0.05, 0) is 54.6 Å². The molecule has 1 saturated heterocycles. The summed E-state index contributed by atoms with van der Waals surface area (Å²) in [6, 6.07) is 16.8. The Morgan fingerprint density at radius 3 is 2.77 bits per heavy atom. The lowest BCUT2D eigenvalue weighted by Crippen LogP contribution is -2.29. The lowest BCUT2D eigenvalue weighted by atomic mass is 9.88. The van der Waals surface area contributed by atoms with Gasteiger partial charge < -0.3 is 20.9 Å². The van der Waals surface area contributed by atoms with Gasteiger partial charge in [0, 0.05) is 6.54 Å². The van der Waals surface area contributed by atoms with Gasteiger partial charge in [0.2, 0.25) is 0 Å². The van der Waals surface area contributed by atoms with E-state index in [4.69, 9.17) is 10.5 Å². The Balaban J connectivity index is 1.74. The molecule has 6 heteroatoms. The highest BCUT2D eigenvalue weighted by Crippen LogP contribution is 2.40. The van der Waals surface area contributed by atoms with Gasteiger partial charge in [-0.1, -0.05) is 36.4 Å². The number of hydrogen-bond donors (Lipinski definition) is 3. The lowest BCUT2D eigenvalue weighted by molar-refractivity contribution is 0.112. The van der Waals surface area contributed by atoms with Crippen LogP contribution in [0.25, 0.3) is 11.3 Å². The Labute approximate surface area is 175 Å². The molecular weight excluding hydrogens is 378 g/mol. The summed E-state index contributed by atoms with van der Waals surface area (Å²) in [5, 5.41) is 14.0. The third-order valence-electron chi connectivity index (χ3n) is 5.47. The maximum Gasteiger partial charge on any atom is 0.154 e. The van der Waals surface area contributed by atoms with Gasteiger partial charge in [-0.15, -0.1) is 0 Å². The number of ether oxygens (including phenoxy) is 1. The predicted molar refractivity (Wildman–Crippen MR) is 117 cm³/mol. The number of phenolic OH excluding ortho intramolecular Hbond substituents is 1. The monoisotopic (exact) mass is 403 g/mol. The zero-order chi connectivity index (χ0) is 20.9. The first-order valence-corrected chi connectivity index (χ1v) is 10.1. The molecule has 3 aromatic rings. The Hall–Kier alpha value is -3.38. The molecule has 0 spiro atoms. The van der Waals surface area contributed by atoms with Crippen LogP contribution < -0.4 is 15.8 Å². The van der Waals surface area contributed by atoms with E-state index in [0.717, 1.165) is 43.3 Å². The van der Waals surface area contributed by atoms with Crippen molar-refractivity contribution in [2.75, 3.05) is 18.8 Å². The van der Waals surface area contributed by atoms with Crippen molar-refractivity contribution in [2.45, 2.75) is 25.4 Å². The molecule has 1 fully saturated rings. The number of carbonyl (C=O) groups is 1. The number of pyridine rings is 1. The molecule has 6 nitrogen and oxygen atoms in total. The fraction of sp³-hybridized carbons (Fsp3) is 0.250. The summed E-state index contributed by atoms with van der Waals surface area (Å²) in [4.78, 5) is 16.1. The number of benzene rings is 2. The van der Waals surface area contributed by atoms with Crippen LogP contribution in [0.5, 0.6) is 11.5 Å². The van der Waals surface area contributed by atoms with Crippen LogP contribution in [0.1, 0.15) is 40.2 Å². The number of aldehydes is 1. The zero-order valence-electron chi connectivity index (χ0n) is 16.7. The Morgan fingerprint density at radius 1 is 1.20 bits per heavy atom. The molecule has 1 unspecified atom stereocenters. The minimum Gasteiger partial charge on any atom is -0.507 e. The van der Waals surface area contributed by atoms with E-state index in [1.165, 1.54) is 0 Å². The minimum atomic E-state index is 0.0547. The molecular formula is C24H25N3O3. The van der Waals surface area contributed by atoms with E-state index < -0.39 is 0 Å². The number of nitrogens with one attached hydrogen (secondary N) is 1. The predicted octanol–water partition coefficient (Wildman–Crippen LogP) is 3.89. The third-order valence-corrected chi connectivity index (χ3v) is 5.47. The number of nitrogens with two attached hydrogens (primary N) is 1. The number of nitrogen functional groups attached to an aromatic ring is 1. The van der Waals surface area contributed by atoms with Crippen LogP contribution in [0.4, 0.5) is 5.82 Å². The third kappa shape index (κ3) is 4.14. The number of rotatable bonds is 6. The van der Waals surface area contributed by atoms with Gasteiger partial charge in [-0.2, -0.15) is 0 Å². The standard InChI is InChI=1S/C24H25N3O3/c25-24-19(14-28)18(17-8-5-11-26-13-17)12-20(27-24)23-21(29)9-4-10-22(23)30-15-16-6-2-1-3-7-16/h1-4,6-7,9-10,12,14,17,26,29H,5,8,11,13,15H2,(H2,25,27). The lowest BCUT2D eigenvalue weighted by Gasteiger charge is -2.25. The van der Waals surface area contributed by atoms with E-state index in [1.54, 1.807) is 18.2 Å². The van der Waals surface area contributed by atoms with Gasteiger partial charge in [-0.3, -0.25) is 4.79 Å². The summed E-state index contributed by atoms with van der Waals surface area (Å²) in [5.41, 5.74) is 9.43. The Kier molecular flexibility index (Phi) is 5.95. The van der Waals surface area contributed by atoms with Gasteiger partial charge >= 0.3 is 0 Å². The second kappa shape index (κ2) is 8.97. The largest absolute Gasteiger partial charge is 0.507 e. The second-order valence-corrected chi connectivity index (χ2v) is 7.48. The number of carbonyl (C=O) groups excluding carboxylic acids is 1. The Morgan fingerprint density at radius 2 is 2.03 bits per heavy atom. The molecule has 154 valence electrons. The molecule has 1 aliphatic rings. The number of hydrogen-bond acceptors (Lipinski definition) is 6.